The number of alkyl halides is 3. The number of carbonyl (C=O) groups is 3. The molecule has 2 aromatic rings. The number of hydrogen-bond donors (Lipinski definition) is 3. The van der Waals surface area contributed by atoms with Gasteiger partial charge in [0.2, 0.25) is 0 Å². The number of fused-ring (bicyclic) bond motifs is 3. The van der Waals surface area contributed by atoms with Gasteiger partial charge in [-0.1, -0.05) is 61.2 Å². The molecule has 34 heavy (non-hydrogen) atoms. The van der Waals surface area contributed by atoms with Crippen molar-refractivity contribution in [3.8, 4) is 11.1 Å². The summed E-state index contributed by atoms with van der Waals surface area (Å²) in [6.45, 7) is 3.61. The van der Waals surface area contributed by atoms with Gasteiger partial charge in [-0.2, -0.15) is 13.2 Å². The highest BCUT2D eigenvalue weighted by molar-refractivity contribution is 5.82. The molecule has 0 spiro atoms. The van der Waals surface area contributed by atoms with Crippen molar-refractivity contribution >= 4 is 18.0 Å². The molecule has 1 aliphatic carbocycles. The molecule has 0 fully saturated rings. The zero-order chi connectivity index (χ0) is 25.3. The van der Waals surface area contributed by atoms with Crippen LogP contribution in [0.4, 0.5) is 18.0 Å². The van der Waals surface area contributed by atoms with Crippen molar-refractivity contribution in [1.29, 1.82) is 0 Å². The number of nitrogens with two attached hydrogens (primary N) is 1. The van der Waals surface area contributed by atoms with E-state index in [0.717, 1.165) is 22.3 Å². The highest BCUT2D eigenvalue weighted by Crippen LogP contribution is 2.44. The molecule has 1 amide bonds. The SMILES string of the molecule is C=CCOC(=O)[C@H](CN)NC(=O)OCC1c2ccccc2-c2ccccc21.O=C(O)C(F)(F)F. The average Bonchev–Trinajstić information content (AvgIpc) is 3.13. The van der Waals surface area contributed by atoms with Crippen molar-refractivity contribution in [3.05, 3.63) is 72.3 Å². The van der Waals surface area contributed by atoms with Gasteiger partial charge in [-0.15, -0.1) is 0 Å². The quantitative estimate of drug-likeness (QED) is 0.410. The molecule has 1 aliphatic rings. The van der Waals surface area contributed by atoms with Crippen LogP contribution in [-0.4, -0.2) is 55.1 Å². The molecule has 4 N–H and O–H groups in total. The molecule has 11 heteroatoms. The van der Waals surface area contributed by atoms with Gasteiger partial charge in [0.05, 0.1) is 0 Å². The van der Waals surface area contributed by atoms with Crippen LogP contribution in [0.1, 0.15) is 17.0 Å². The second kappa shape index (κ2) is 11.8. The predicted octanol–water partition coefficient (Wildman–Crippen LogP) is 3.21. The Bertz CT molecular complexity index is 996. The van der Waals surface area contributed by atoms with Crippen LogP contribution in [0.5, 0.6) is 0 Å². The Morgan fingerprint density at radius 2 is 1.56 bits per heavy atom. The van der Waals surface area contributed by atoms with E-state index in [4.69, 9.17) is 25.1 Å². The van der Waals surface area contributed by atoms with Crippen LogP contribution in [0.2, 0.25) is 0 Å². The number of halogens is 3. The minimum absolute atomic E-state index is 0.0489. The molecular weight excluding hydrogens is 457 g/mol. The summed E-state index contributed by atoms with van der Waals surface area (Å²) in [5.41, 5.74) is 10.1. The molecule has 0 saturated carbocycles. The zero-order valence-electron chi connectivity index (χ0n) is 17.9. The highest BCUT2D eigenvalue weighted by atomic mass is 19.4. The average molecular weight is 480 g/mol. The molecule has 0 aromatic heterocycles. The smallest absolute Gasteiger partial charge is 0.475 e. The summed E-state index contributed by atoms with van der Waals surface area (Å²) >= 11 is 0. The Morgan fingerprint density at radius 3 is 2.00 bits per heavy atom. The van der Waals surface area contributed by atoms with Crippen LogP contribution in [0.25, 0.3) is 11.1 Å². The van der Waals surface area contributed by atoms with Crippen molar-refractivity contribution in [2.75, 3.05) is 19.8 Å². The standard InChI is InChI=1S/C21H22N2O4.C2HF3O2/c1-2-11-26-20(24)19(12-22)23-21(25)27-13-18-16-9-5-3-7-14(16)15-8-4-6-10-17(15)18;3-2(4,5)1(6)7/h2-10,18-19H,1,11-13,22H2,(H,23,25);(H,6,7)/t19-;/m0./s1. The van der Waals surface area contributed by atoms with E-state index in [9.17, 15) is 22.8 Å². The summed E-state index contributed by atoms with van der Waals surface area (Å²) in [7, 11) is 0. The lowest BCUT2D eigenvalue weighted by Crippen LogP contribution is -2.47. The van der Waals surface area contributed by atoms with Crippen molar-refractivity contribution < 1.29 is 42.1 Å². The Hall–Kier alpha value is -3.86. The minimum atomic E-state index is -5.08. The van der Waals surface area contributed by atoms with E-state index in [1.165, 1.54) is 6.08 Å². The fourth-order valence-electron chi connectivity index (χ4n) is 3.24. The van der Waals surface area contributed by atoms with Gasteiger partial charge in [-0.05, 0) is 22.3 Å². The lowest BCUT2D eigenvalue weighted by Gasteiger charge is -2.17. The Morgan fingerprint density at radius 1 is 1.06 bits per heavy atom. The highest BCUT2D eigenvalue weighted by Gasteiger charge is 2.38. The molecule has 0 bridgehead atoms. The fraction of sp³-hybridized carbons (Fsp3) is 0.261. The Kier molecular flexibility index (Phi) is 9.19. The van der Waals surface area contributed by atoms with Crippen molar-refractivity contribution in [2.45, 2.75) is 18.1 Å². The van der Waals surface area contributed by atoms with Gasteiger partial charge >= 0.3 is 24.2 Å². The first-order chi connectivity index (χ1) is 16.1. The van der Waals surface area contributed by atoms with Crippen LogP contribution in [0.15, 0.2) is 61.2 Å². The predicted molar refractivity (Wildman–Crippen MR) is 116 cm³/mol. The van der Waals surface area contributed by atoms with E-state index in [1.54, 1.807) is 0 Å². The minimum Gasteiger partial charge on any atom is -0.475 e. The van der Waals surface area contributed by atoms with Crippen molar-refractivity contribution in [2.24, 2.45) is 5.73 Å². The van der Waals surface area contributed by atoms with Gasteiger partial charge in [0.25, 0.3) is 0 Å². The second-order valence-electron chi connectivity index (χ2n) is 6.98. The molecule has 3 rings (SSSR count). The van der Waals surface area contributed by atoms with Crippen LogP contribution in [-0.2, 0) is 19.1 Å². The van der Waals surface area contributed by atoms with Crippen LogP contribution < -0.4 is 11.1 Å². The van der Waals surface area contributed by atoms with E-state index in [-0.39, 0.29) is 25.7 Å². The number of nitrogens with one attached hydrogen (secondary N) is 1. The Labute approximate surface area is 193 Å². The summed E-state index contributed by atoms with van der Waals surface area (Å²) in [6, 6.07) is 15.2. The number of carbonyl (C=O) groups excluding carboxylic acids is 2. The van der Waals surface area contributed by atoms with E-state index in [0.29, 0.717) is 0 Å². The summed E-state index contributed by atoms with van der Waals surface area (Å²) in [4.78, 5) is 32.9. The number of aliphatic carboxylic acids is 1. The van der Waals surface area contributed by atoms with Crippen molar-refractivity contribution in [3.63, 3.8) is 0 Å². The largest absolute Gasteiger partial charge is 0.490 e. The molecule has 8 nitrogen and oxygen atoms in total. The summed E-state index contributed by atoms with van der Waals surface area (Å²) in [5.74, 6) is -3.43. The van der Waals surface area contributed by atoms with Gasteiger partial charge in [0, 0.05) is 12.5 Å². The number of carboxylic acids is 1. The molecule has 0 heterocycles. The molecular formula is C23H23F3N2O6. The maximum Gasteiger partial charge on any atom is 0.490 e. The molecule has 0 unspecified atom stereocenters. The van der Waals surface area contributed by atoms with E-state index < -0.39 is 30.2 Å². The van der Waals surface area contributed by atoms with Crippen molar-refractivity contribution in [1.82, 2.24) is 5.32 Å². The molecule has 182 valence electrons. The van der Waals surface area contributed by atoms with Gasteiger partial charge in [-0.25, -0.2) is 14.4 Å². The maximum atomic E-state index is 12.2. The van der Waals surface area contributed by atoms with Gasteiger partial charge in [-0.3, -0.25) is 0 Å². The number of esters is 1. The normalized spacial score (nSPS) is 12.8. The number of carboxylic acid groups (broad SMARTS) is 1. The first-order valence-electron chi connectivity index (χ1n) is 9.99. The zero-order valence-corrected chi connectivity index (χ0v) is 17.9. The van der Waals surface area contributed by atoms with E-state index >= 15 is 0 Å². The van der Waals surface area contributed by atoms with Gasteiger partial charge in [0.1, 0.15) is 19.3 Å². The lowest BCUT2D eigenvalue weighted by atomic mass is 9.98. The lowest BCUT2D eigenvalue weighted by molar-refractivity contribution is -0.192. The van der Waals surface area contributed by atoms with Crippen LogP contribution in [0.3, 0.4) is 0 Å². The number of alkyl carbamates (subject to hydrolysis) is 1. The fourth-order valence-corrected chi connectivity index (χ4v) is 3.24. The molecule has 0 aliphatic heterocycles. The van der Waals surface area contributed by atoms with Gasteiger partial charge in [0.15, 0.2) is 0 Å². The molecule has 2 aromatic carbocycles. The Balaban J connectivity index is 0.000000509. The third kappa shape index (κ3) is 6.82. The maximum absolute atomic E-state index is 12.2. The molecule has 0 saturated heterocycles. The van der Waals surface area contributed by atoms with E-state index in [1.807, 2.05) is 36.4 Å². The third-order valence-electron chi connectivity index (χ3n) is 4.74. The summed E-state index contributed by atoms with van der Waals surface area (Å²) < 4.78 is 42.0. The summed E-state index contributed by atoms with van der Waals surface area (Å²) in [6.07, 6.45) is -4.35. The second-order valence-corrected chi connectivity index (χ2v) is 6.98. The van der Waals surface area contributed by atoms with E-state index in [2.05, 4.69) is 24.0 Å². The number of ether oxygens (including phenoxy) is 2. The third-order valence-corrected chi connectivity index (χ3v) is 4.74. The first-order valence-corrected chi connectivity index (χ1v) is 9.99. The number of amides is 1. The first kappa shape index (κ1) is 26.4. The number of rotatable bonds is 7. The molecule has 1 atom stereocenters. The van der Waals surface area contributed by atoms with Crippen LogP contribution in [0, 0.1) is 0 Å². The van der Waals surface area contributed by atoms with Gasteiger partial charge < -0.3 is 25.6 Å². The topological polar surface area (TPSA) is 128 Å². The monoisotopic (exact) mass is 480 g/mol. The summed E-state index contributed by atoms with van der Waals surface area (Å²) in [5, 5.41) is 9.58. The van der Waals surface area contributed by atoms with Crippen LogP contribution >= 0.6 is 0 Å². The molecule has 0 radical (unpaired) electrons. The number of hydrogen-bond acceptors (Lipinski definition) is 6. The number of benzene rings is 2.